The van der Waals surface area contributed by atoms with Crippen LogP contribution in [0, 0.1) is 11.8 Å². The molecule has 0 spiro atoms. The van der Waals surface area contributed by atoms with Crippen molar-refractivity contribution in [2.24, 2.45) is 11.8 Å². The molecule has 0 bridgehead atoms. The van der Waals surface area contributed by atoms with Crippen molar-refractivity contribution in [1.82, 2.24) is 14.9 Å². The smallest absolute Gasteiger partial charge is 0.220 e. The van der Waals surface area contributed by atoms with Crippen molar-refractivity contribution in [2.45, 2.75) is 38.6 Å². The molecule has 1 saturated heterocycles. The minimum absolute atomic E-state index is 0.294. The van der Waals surface area contributed by atoms with E-state index >= 15 is 0 Å². The molecule has 2 heterocycles. The lowest BCUT2D eigenvalue weighted by molar-refractivity contribution is 0.0267. The van der Waals surface area contributed by atoms with E-state index in [4.69, 9.17) is 5.73 Å². The fraction of sp³-hybridized carbons (Fsp3) is 0.733. The molecule has 1 aliphatic carbocycles. The van der Waals surface area contributed by atoms with Crippen LogP contribution in [0.4, 0.5) is 5.95 Å². The lowest BCUT2D eigenvalue weighted by Crippen LogP contribution is -2.53. The Morgan fingerprint density at radius 1 is 1.45 bits per heavy atom. The van der Waals surface area contributed by atoms with Crippen LogP contribution >= 0.6 is 0 Å². The molecule has 0 unspecified atom stereocenters. The number of nitrogen functional groups attached to an aromatic ring is 1. The van der Waals surface area contributed by atoms with Crippen molar-refractivity contribution >= 4 is 5.95 Å². The van der Waals surface area contributed by atoms with Gasteiger partial charge in [-0.3, -0.25) is 4.90 Å². The molecule has 0 aromatic carbocycles. The highest BCUT2D eigenvalue weighted by atomic mass is 16.3. The standard InChI is InChI=1S/C15H24N4O/c1-2-3-19-8-10(9-20)4-11-5-13-12(6-14(11)19)7-17-15(16)18-13/h7,10-11,14,20H,2-6,8-9H2,1H3,(H2,16,17,18)/t10-,11-,14-/m0/s1. The maximum atomic E-state index is 9.53. The van der Waals surface area contributed by atoms with E-state index in [9.17, 15) is 5.11 Å². The minimum atomic E-state index is 0.294. The van der Waals surface area contributed by atoms with E-state index in [-0.39, 0.29) is 0 Å². The van der Waals surface area contributed by atoms with E-state index < -0.39 is 0 Å². The number of anilines is 1. The minimum Gasteiger partial charge on any atom is -0.396 e. The van der Waals surface area contributed by atoms with Crippen LogP contribution in [0.15, 0.2) is 6.20 Å². The molecular formula is C15H24N4O. The second kappa shape index (κ2) is 5.66. The molecule has 0 saturated carbocycles. The molecule has 5 nitrogen and oxygen atoms in total. The van der Waals surface area contributed by atoms with Gasteiger partial charge in [0.1, 0.15) is 0 Å². The maximum Gasteiger partial charge on any atom is 0.220 e. The summed E-state index contributed by atoms with van der Waals surface area (Å²) in [7, 11) is 0. The third kappa shape index (κ3) is 2.52. The van der Waals surface area contributed by atoms with Gasteiger partial charge in [-0.15, -0.1) is 0 Å². The van der Waals surface area contributed by atoms with Gasteiger partial charge in [0.25, 0.3) is 0 Å². The zero-order valence-electron chi connectivity index (χ0n) is 12.1. The highest BCUT2D eigenvalue weighted by Crippen LogP contribution is 2.36. The number of hydrogen-bond acceptors (Lipinski definition) is 5. The summed E-state index contributed by atoms with van der Waals surface area (Å²) in [4.78, 5) is 11.1. The fourth-order valence-corrected chi connectivity index (χ4v) is 3.90. The van der Waals surface area contributed by atoms with Crippen LogP contribution < -0.4 is 5.73 Å². The first-order valence-electron chi connectivity index (χ1n) is 7.66. The van der Waals surface area contributed by atoms with Crippen LogP contribution in [0.2, 0.25) is 0 Å². The van der Waals surface area contributed by atoms with Gasteiger partial charge in [0.2, 0.25) is 5.95 Å². The van der Waals surface area contributed by atoms with Crippen LogP contribution in [0.25, 0.3) is 0 Å². The van der Waals surface area contributed by atoms with E-state index in [1.54, 1.807) is 0 Å². The number of aromatic nitrogens is 2. The number of aliphatic hydroxyl groups is 1. The van der Waals surface area contributed by atoms with Crippen LogP contribution in [0.3, 0.4) is 0 Å². The molecule has 3 atom stereocenters. The topological polar surface area (TPSA) is 75.3 Å². The summed E-state index contributed by atoms with van der Waals surface area (Å²) in [5, 5.41) is 9.53. The molecule has 3 rings (SSSR count). The van der Waals surface area contributed by atoms with E-state index in [1.165, 1.54) is 5.56 Å². The van der Waals surface area contributed by atoms with Gasteiger partial charge in [0.05, 0.1) is 0 Å². The van der Waals surface area contributed by atoms with Gasteiger partial charge in [0, 0.05) is 31.1 Å². The summed E-state index contributed by atoms with van der Waals surface area (Å²) in [5.41, 5.74) is 8.08. The van der Waals surface area contributed by atoms with Crippen molar-refractivity contribution < 1.29 is 5.11 Å². The molecule has 2 aliphatic rings. The first-order valence-corrected chi connectivity index (χ1v) is 7.66. The lowest BCUT2D eigenvalue weighted by Gasteiger charge is -2.47. The molecule has 5 heteroatoms. The summed E-state index contributed by atoms with van der Waals surface area (Å²) >= 11 is 0. The van der Waals surface area contributed by atoms with Crippen molar-refractivity contribution in [3.63, 3.8) is 0 Å². The van der Waals surface area contributed by atoms with Crippen molar-refractivity contribution in [2.75, 3.05) is 25.4 Å². The third-order valence-electron chi connectivity index (χ3n) is 4.77. The number of nitrogens with zero attached hydrogens (tertiary/aromatic N) is 3. The molecule has 0 amide bonds. The van der Waals surface area contributed by atoms with E-state index in [0.717, 1.165) is 44.5 Å². The molecule has 1 fully saturated rings. The van der Waals surface area contributed by atoms with Gasteiger partial charge in [-0.2, -0.15) is 0 Å². The van der Waals surface area contributed by atoms with E-state index in [2.05, 4.69) is 21.8 Å². The van der Waals surface area contributed by atoms with Gasteiger partial charge < -0.3 is 10.8 Å². The van der Waals surface area contributed by atoms with Gasteiger partial charge in [-0.05, 0) is 49.6 Å². The first-order chi connectivity index (χ1) is 9.71. The Balaban J connectivity index is 1.85. The Bertz CT molecular complexity index is 479. The summed E-state index contributed by atoms with van der Waals surface area (Å²) < 4.78 is 0. The quantitative estimate of drug-likeness (QED) is 0.856. The van der Waals surface area contributed by atoms with Crippen molar-refractivity contribution in [3.05, 3.63) is 17.5 Å². The second-order valence-electron chi connectivity index (χ2n) is 6.22. The number of rotatable bonds is 3. The molecule has 1 aliphatic heterocycles. The molecule has 0 radical (unpaired) electrons. The van der Waals surface area contributed by atoms with Gasteiger partial charge in [-0.1, -0.05) is 6.92 Å². The number of likely N-dealkylation sites (tertiary alicyclic amines) is 1. The van der Waals surface area contributed by atoms with Gasteiger partial charge in [-0.25, -0.2) is 9.97 Å². The van der Waals surface area contributed by atoms with Gasteiger partial charge in [0.15, 0.2) is 0 Å². The first kappa shape index (κ1) is 13.8. The Kier molecular flexibility index (Phi) is 3.89. The Morgan fingerprint density at radius 3 is 3.05 bits per heavy atom. The number of nitrogens with two attached hydrogens (primary N) is 1. The predicted molar refractivity (Wildman–Crippen MR) is 78.2 cm³/mol. The molecule has 20 heavy (non-hydrogen) atoms. The molecule has 110 valence electrons. The SMILES string of the molecule is CCCN1C[C@@H](CO)C[C@H]2Cc3nc(N)ncc3C[C@@H]21. The molecule has 1 aromatic heterocycles. The third-order valence-corrected chi connectivity index (χ3v) is 4.77. The maximum absolute atomic E-state index is 9.53. The van der Waals surface area contributed by atoms with Crippen LogP contribution in [-0.4, -0.2) is 45.7 Å². The predicted octanol–water partition coefficient (Wildman–Crippen LogP) is 0.866. The highest BCUT2D eigenvalue weighted by molar-refractivity contribution is 5.29. The summed E-state index contributed by atoms with van der Waals surface area (Å²) in [6, 6.07) is 0.581. The molecule has 1 aromatic rings. The number of aliphatic hydroxyl groups excluding tert-OH is 1. The average molecular weight is 276 g/mol. The molecule has 3 N–H and O–H groups in total. The average Bonchev–Trinajstić information content (AvgIpc) is 2.45. The van der Waals surface area contributed by atoms with Crippen molar-refractivity contribution in [3.8, 4) is 0 Å². The second-order valence-corrected chi connectivity index (χ2v) is 6.22. The van der Waals surface area contributed by atoms with E-state index in [0.29, 0.717) is 30.4 Å². The van der Waals surface area contributed by atoms with Crippen LogP contribution in [0.1, 0.15) is 31.0 Å². The molecular weight excluding hydrogens is 252 g/mol. The van der Waals surface area contributed by atoms with Crippen LogP contribution in [-0.2, 0) is 12.8 Å². The lowest BCUT2D eigenvalue weighted by atomic mass is 9.74. The summed E-state index contributed by atoms with van der Waals surface area (Å²) in [6.07, 6.45) is 6.16. The normalized spacial score (nSPS) is 29.8. The van der Waals surface area contributed by atoms with Crippen molar-refractivity contribution in [1.29, 1.82) is 0 Å². The number of hydrogen-bond donors (Lipinski definition) is 2. The largest absolute Gasteiger partial charge is 0.396 e. The van der Waals surface area contributed by atoms with Gasteiger partial charge >= 0.3 is 0 Å². The monoisotopic (exact) mass is 276 g/mol. The number of piperidine rings is 1. The summed E-state index contributed by atoms with van der Waals surface area (Å²) in [5.74, 6) is 1.37. The zero-order chi connectivity index (χ0) is 14.1. The van der Waals surface area contributed by atoms with Crippen LogP contribution in [0.5, 0.6) is 0 Å². The highest BCUT2D eigenvalue weighted by Gasteiger charge is 2.39. The zero-order valence-corrected chi connectivity index (χ0v) is 12.1. The Hall–Kier alpha value is -1.20. The number of fused-ring (bicyclic) bond motifs is 2. The Morgan fingerprint density at radius 2 is 2.30 bits per heavy atom. The fourth-order valence-electron chi connectivity index (χ4n) is 3.90. The summed E-state index contributed by atoms with van der Waals surface area (Å²) in [6.45, 7) is 4.65. The van der Waals surface area contributed by atoms with E-state index in [1.807, 2.05) is 6.20 Å². The Labute approximate surface area is 120 Å².